The molecule has 0 saturated carbocycles. The monoisotopic (exact) mass is 589 g/mol. The van der Waals surface area contributed by atoms with Crippen LogP contribution in [-0.4, -0.2) is 99.4 Å². The van der Waals surface area contributed by atoms with Gasteiger partial charge in [0, 0.05) is 50.3 Å². The second-order valence-corrected chi connectivity index (χ2v) is 10.1. The van der Waals surface area contributed by atoms with Gasteiger partial charge in [0.05, 0.1) is 23.5 Å². The Hall–Kier alpha value is -4.96. The summed E-state index contributed by atoms with van der Waals surface area (Å²) in [6.45, 7) is 5.51. The van der Waals surface area contributed by atoms with Gasteiger partial charge in [-0.25, -0.2) is 9.78 Å². The summed E-state index contributed by atoms with van der Waals surface area (Å²) in [6, 6.07) is 4.64. The van der Waals surface area contributed by atoms with Gasteiger partial charge in [-0.2, -0.15) is 14.8 Å². The fourth-order valence-electron chi connectivity index (χ4n) is 3.83. The maximum absolute atomic E-state index is 12.5. The quantitative estimate of drug-likeness (QED) is 0.133. The minimum Gasteiger partial charge on any atom is -0.463 e. The largest absolute Gasteiger partial charge is 0.463 e. The normalized spacial score (nSPS) is 11.7. The first-order valence-electron chi connectivity index (χ1n) is 14.0. The average Bonchev–Trinajstić information content (AvgIpc) is 3.41. The molecule has 3 rings (SSSR count). The highest BCUT2D eigenvalue weighted by Gasteiger charge is 2.20. The van der Waals surface area contributed by atoms with Gasteiger partial charge in [-0.1, -0.05) is 24.8 Å². The number of carbonyl (C=O) groups is 3. The van der Waals surface area contributed by atoms with Crippen LogP contribution in [0.3, 0.4) is 0 Å². The number of nitrogens with one attached hydrogen (secondary N) is 3. The van der Waals surface area contributed by atoms with Gasteiger partial charge in [-0.05, 0) is 52.1 Å². The summed E-state index contributed by atoms with van der Waals surface area (Å²) in [5, 5.41) is 23.2. The molecule has 13 heteroatoms. The van der Waals surface area contributed by atoms with Crippen LogP contribution < -0.4 is 16.0 Å². The molecule has 228 valence electrons. The van der Waals surface area contributed by atoms with Crippen molar-refractivity contribution in [3.05, 3.63) is 48.3 Å². The molecule has 0 aliphatic carbocycles. The second-order valence-electron chi connectivity index (χ2n) is 10.1. The lowest BCUT2D eigenvalue weighted by Crippen LogP contribution is -2.45. The Morgan fingerprint density at radius 1 is 1.16 bits per heavy atom. The molecule has 1 aromatic carbocycles. The Bertz CT molecular complexity index is 1520. The highest BCUT2D eigenvalue weighted by atomic mass is 16.4. The Morgan fingerprint density at radius 3 is 2.67 bits per heavy atom. The van der Waals surface area contributed by atoms with Gasteiger partial charge in [-0.15, -0.1) is 0 Å². The molecule has 0 spiro atoms. The summed E-state index contributed by atoms with van der Waals surface area (Å²) < 4.78 is 0.909. The molecule has 0 aliphatic heterocycles. The molecule has 0 fully saturated rings. The summed E-state index contributed by atoms with van der Waals surface area (Å²) in [5.74, 6) is 6.69. The summed E-state index contributed by atoms with van der Waals surface area (Å²) in [5.41, 5.74) is 1.70. The highest BCUT2D eigenvalue weighted by Crippen LogP contribution is 2.22. The topological polar surface area (TPSA) is 158 Å². The van der Waals surface area contributed by atoms with E-state index in [1.165, 1.54) is 17.2 Å². The summed E-state index contributed by atoms with van der Waals surface area (Å²) >= 11 is 0. The minimum atomic E-state index is -1.17. The number of nitrogens with zero attached hydrogens (tertiary/aromatic N) is 6. The third-order valence-corrected chi connectivity index (χ3v) is 6.38. The van der Waals surface area contributed by atoms with E-state index >= 15 is 0 Å². The smallest absolute Gasteiger partial charge is 0.432 e. The number of benzene rings is 1. The van der Waals surface area contributed by atoms with Gasteiger partial charge in [0.2, 0.25) is 17.8 Å². The van der Waals surface area contributed by atoms with Crippen molar-refractivity contribution in [2.75, 3.05) is 51.4 Å². The predicted octanol–water partition coefficient (Wildman–Crippen LogP) is 3.13. The van der Waals surface area contributed by atoms with Crippen molar-refractivity contribution >= 4 is 46.3 Å². The lowest BCUT2D eigenvalue weighted by atomic mass is 10.2. The van der Waals surface area contributed by atoms with Gasteiger partial charge in [0.15, 0.2) is 0 Å². The van der Waals surface area contributed by atoms with E-state index in [0.29, 0.717) is 66.4 Å². The Kier molecular flexibility index (Phi) is 12.0. The van der Waals surface area contributed by atoms with Crippen molar-refractivity contribution in [1.29, 1.82) is 0 Å². The molecule has 2 aromatic heterocycles. The molecular weight excluding hydrogens is 550 g/mol. The van der Waals surface area contributed by atoms with E-state index in [1.807, 2.05) is 25.9 Å². The fraction of sp³-hybridized carbons (Fsp3) is 0.400. The van der Waals surface area contributed by atoms with Crippen LogP contribution in [0.2, 0.25) is 0 Å². The molecule has 4 N–H and O–H groups in total. The number of anilines is 3. The van der Waals surface area contributed by atoms with E-state index in [4.69, 9.17) is 0 Å². The van der Waals surface area contributed by atoms with Crippen molar-refractivity contribution in [1.82, 2.24) is 34.9 Å². The van der Waals surface area contributed by atoms with E-state index in [0.717, 1.165) is 11.1 Å². The molecule has 13 nitrogen and oxygen atoms in total. The number of rotatable bonds is 13. The number of hydrogen-bond acceptors (Lipinski definition) is 9. The van der Waals surface area contributed by atoms with Crippen molar-refractivity contribution in [2.24, 2.45) is 0 Å². The van der Waals surface area contributed by atoms with Crippen molar-refractivity contribution in [3.8, 4) is 11.8 Å². The van der Waals surface area contributed by atoms with Crippen LogP contribution >= 0.6 is 0 Å². The summed E-state index contributed by atoms with van der Waals surface area (Å²) in [7, 11) is 5.44. The lowest BCUT2D eigenvalue weighted by Gasteiger charge is -2.23. The first kappa shape index (κ1) is 32.6. The number of amides is 2. The Labute approximate surface area is 251 Å². The zero-order valence-electron chi connectivity index (χ0n) is 25.2. The standard InChI is InChI=1S/C30H39N9O4/c1-6-15-31-27-23(11-8-7-9-16-32-28(41)21(2)38(5)26(40)12-10-17-37(3)4)19-33-29(36-27)35-24-14-13-22-20-34-39(30(42)43)25(22)18-24/h10,12-14,18-21H,6-7,9,15-17H2,1-5H3,(H,32,41)(H,42,43)(H2,31,33,35,36)/b12-10+/t21-/m0/s1. The van der Waals surface area contributed by atoms with Gasteiger partial charge in [0.25, 0.3) is 0 Å². The number of unbranched alkanes of at least 4 members (excludes halogenated alkanes) is 1. The molecule has 0 unspecified atom stereocenters. The van der Waals surface area contributed by atoms with Gasteiger partial charge < -0.3 is 30.9 Å². The second kappa shape index (κ2) is 15.9. The van der Waals surface area contributed by atoms with E-state index in [-0.39, 0.29) is 11.8 Å². The number of fused-ring (bicyclic) bond motifs is 1. The van der Waals surface area contributed by atoms with Crippen LogP contribution in [0.15, 0.2) is 42.7 Å². The molecule has 2 amide bonds. The third-order valence-electron chi connectivity index (χ3n) is 6.38. The molecule has 2 heterocycles. The number of aromatic nitrogens is 4. The van der Waals surface area contributed by atoms with Crippen molar-refractivity contribution < 1.29 is 19.5 Å². The van der Waals surface area contributed by atoms with Crippen molar-refractivity contribution in [2.45, 2.75) is 39.2 Å². The van der Waals surface area contributed by atoms with Crippen LogP contribution in [0.4, 0.5) is 22.2 Å². The first-order valence-corrected chi connectivity index (χ1v) is 14.0. The van der Waals surface area contributed by atoms with E-state index in [1.54, 1.807) is 44.4 Å². The molecule has 3 aromatic rings. The van der Waals surface area contributed by atoms with Crippen LogP contribution in [-0.2, 0) is 9.59 Å². The lowest BCUT2D eigenvalue weighted by molar-refractivity contribution is -0.135. The van der Waals surface area contributed by atoms with Crippen LogP contribution in [0.5, 0.6) is 0 Å². The summed E-state index contributed by atoms with van der Waals surface area (Å²) in [4.78, 5) is 48.5. The van der Waals surface area contributed by atoms with Gasteiger partial charge in [-0.3, -0.25) is 9.59 Å². The Balaban J connectivity index is 1.56. The number of likely N-dealkylation sites (N-methyl/N-ethyl adjacent to an activating group) is 2. The van der Waals surface area contributed by atoms with Crippen molar-refractivity contribution in [3.63, 3.8) is 0 Å². The summed E-state index contributed by atoms with van der Waals surface area (Å²) in [6.07, 6.45) is 7.27. The van der Waals surface area contributed by atoms with Crippen LogP contribution in [0.25, 0.3) is 10.9 Å². The third kappa shape index (κ3) is 9.54. The van der Waals surface area contributed by atoms with E-state index in [2.05, 4.69) is 42.9 Å². The van der Waals surface area contributed by atoms with Crippen LogP contribution in [0, 0.1) is 11.8 Å². The van der Waals surface area contributed by atoms with Gasteiger partial charge in [0.1, 0.15) is 11.9 Å². The Morgan fingerprint density at radius 2 is 1.95 bits per heavy atom. The number of carboxylic acid groups (broad SMARTS) is 1. The van der Waals surface area contributed by atoms with E-state index in [9.17, 15) is 19.5 Å². The molecule has 43 heavy (non-hydrogen) atoms. The molecule has 0 bridgehead atoms. The maximum Gasteiger partial charge on any atom is 0.432 e. The number of carbonyl (C=O) groups excluding carboxylic acids is 2. The number of hydrogen-bond donors (Lipinski definition) is 4. The fourth-order valence-corrected chi connectivity index (χ4v) is 3.83. The van der Waals surface area contributed by atoms with Crippen LogP contribution in [0.1, 0.15) is 38.7 Å². The SMILES string of the molecule is CCCNc1nc(Nc2ccc3cnn(C(=O)O)c3c2)ncc1C#CCCCNC(=O)[C@H](C)N(C)C(=O)/C=C/CN(C)C. The first-order chi connectivity index (χ1) is 20.6. The molecule has 0 saturated heterocycles. The molecular formula is C30H39N9O4. The van der Waals surface area contributed by atoms with E-state index < -0.39 is 12.1 Å². The predicted molar refractivity (Wildman–Crippen MR) is 166 cm³/mol. The minimum absolute atomic E-state index is 0.223. The maximum atomic E-state index is 12.5. The zero-order chi connectivity index (χ0) is 31.4. The van der Waals surface area contributed by atoms with Gasteiger partial charge >= 0.3 is 6.09 Å². The molecule has 1 atom stereocenters. The molecule has 0 aliphatic rings. The average molecular weight is 590 g/mol. The molecule has 0 radical (unpaired) electrons. The highest BCUT2D eigenvalue weighted by molar-refractivity contribution is 5.92. The zero-order valence-corrected chi connectivity index (χ0v) is 25.2.